The van der Waals surface area contributed by atoms with Crippen LogP contribution in [0.3, 0.4) is 0 Å². The van der Waals surface area contributed by atoms with E-state index in [1.165, 1.54) is 5.39 Å². The van der Waals surface area contributed by atoms with Gasteiger partial charge in [-0.1, -0.05) is 48.9 Å². The number of benzene rings is 3. The zero-order chi connectivity index (χ0) is 21.8. The van der Waals surface area contributed by atoms with E-state index in [0.717, 1.165) is 35.9 Å². The number of hydrogen-bond acceptors (Lipinski definition) is 4. The van der Waals surface area contributed by atoms with Gasteiger partial charge in [0.05, 0.1) is 19.8 Å². The Hall–Kier alpha value is -3.05. The summed E-state index contributed by atoms with van der Waals surface area (Å²) in [5, 5.41) is 12.3. The Balaban J connectivity index is 1.85. The van der Waals surface area contributed by atoms with Crippen molar-refractivity contribution in [3.8, 4) is 11.5 Å². The van der Waals surface area contributed by atoms with Crippen molar-refractivity contribution in [3.63, 3.8) is 0 Å². The molecule has 1 aliphatic heterocycles. The number of carboxylic acid groups (broad SMARTS) is 1. The third-order valence-corrected chi connectivity index (χ3v) is 6.05. The molecule has 0 saturated carbocycles. The standard InChI is InChI=1S/C26H29NO4/c1-3-31-23-14-13-21(17-24(23)30-2)25(27-15-7-6-10-22(27)26(28)29)20-12-11-18-8-4-5-9-19(18)16-20/h4-5,8-9,11-14,16-17,22,25H,3,6-7,10,15H2,1-2H3,(H,28,29). The topological polar surface area (TPSA) is 59.0 Å². The van der Waals surface area contributed by atoms with Crippen LogP contribution in [0.5, 0.6) is 11.5 Å². The molecule has 5 nitrogen and oxygen atoms in total. The summed E-state index contributed by atoms with van der Waals surface area (Å²) >= 11 is 0. The van der Waals surface area contributed by atoms with E-state index in [9.17, 15) is 9.90 Å². The fourth-order valence-corrected chi connectivity index (χ4v) is 4.61. The molecule has 162 valence electrons. The van der Waals surface area contributed by atoms with Crippen LogP contribution < -0.4 is 9.47 Å². The van der Waals surface area contributed by atoms with Crippen molar-refractivity contribution >= 4 is 16.7 Å². The van der Waals surface area contributed by atoms with Crippen LogP contribution in [-0.4, -0.2) is 42.3 Å². The van der Waals surface area contributed by atoms with E-state index in [4.69, 9.17) is 9.47 Å². The molecular formula is C26H29NO4. The fraction of sp³-hybridized carbons (Fsp3) is 0.346. The molecule has 1 N–H and O–H groups in total. The van der Waals surface area contributed by atoms with Gasteiger partial charge in [-0.25, -0.2) is 0 Å². The molecule has 0 amide bonds. The first-order chi connectivity index (χ1) is 15.1. The Morgan fingerprint density at radius 3 is 2.52 bits per heavy atom. The maximum absolute atomic E-state index is 12.1. The molecule has 0 bridgehead atoms. The van der Waals surface area contributed by atoms with Crippen molar-refractivity contribution in [3.05, 3.63) is 71.8 Å². The third kappa shape index (κ3) is 4.37. The number of methoxy groups -OCH3 is 1. The highest BCUT2D eigenvalue weighted by Gasteiger charge is 2.35. The molecule has 3 aromatic carbocycles. The molecule has 1 aliphatic rings. The van der Waals surface area contributed by atoms with Gasteiger partial charge >= 0.3 is 5.97 Å². The number of rotatable bonds is 7. The number of hydrogen-bond donors (Lipinski definition) is 1. The average molecular weight is 420 g/mol. The molecule has 31 heavy (non-hydrogen) atoms. The van der Waals surface area contributed by atoms with Crippen LogP contribution >= 0.6 is 0 Å². The average Bonchev–Trinajstić information content (AvgIpc) is 2.80. The number of nitrogens with zero attached hydrogens (tertiary/aromatic N) is 1. The lowest BCUT2D eigenvalue weighted by Crippen LogP contribution is -2.46. The van der Waals surface area contributed by atoms with E-state index in [0.29, 0.717) is 24.5 Å². The van der Waals surface area contributed by atoms with Crippen LogP contribution in [0.4, 0.5) is 0 Å². The Morgan fingerprint density at radius 1 is 1.03 bits per heavy atom. The smallest absolute Gasteiger partial charge is 0.320 e. The highest BCUT2D eigenvalue weighted by molar-refractivity contribution is 5.83. The van der Waals surface area contributed by atoms with Gasteiger partial charge in [0, 0.05) is 0 Å². The SMILES string of the molecule is CCOc1ccc(C(c2ccc3ccccc3c2)N2CCCCC2C(=O)O)cc1OC. The Kier molecular flexibility index (Phi) is 6.42. The van der Waals surface area contributed by atoms with E-state index < -0.39 is 12.0 Å². The summed E-state index contributed by atoms with van der Waals surface area (Å²) in [6.07, 6.45) is 2.58. The molecule has 0 radical (unpaired) electrons. The largest absolute Gasteiger partial charge is 0.493 e. The van der Waals surface area contributed by atoms with Gasteiger partial charge in [-0.3, -0.25) is 9.69 Å². The van der Waals surface area contributed by atoms with E-state index in [1.807, 2.05) is 37.3 Å². The van der Waals surface area contributed by atoms with Gasteiger partial charge in [0.1, 0.15) is 6.04 Å². The van der Waals surface area contributed by atoms with Crippen LogP contribution in [0.1, 0.15) is 43.4 Å². The molecular weight excluding hydrogens is 390 g/mol. The number of likely N-dealkylation sites (tertiary alicyclic amines) is 1. The number of ether oxygens (including phenoxy) is 2. The molecule has 5 heteroatoms. The molecule has 0 aromatic heterocycles. The van der Waals surface area contributed by atoms with Crippen LogP contribution in [0.15, 0.2) is 60.7 Å². The predicted molar refractivity (Wildman–Crippen MR) is 122 cm³/mol. The number of carbonyl (C=O) groups is 1. The van der Waals surface area contributed by atoms with E-state index in [2.05, 4.69) is 35.2 Å². The highest BCUT2D eigenvalue weighted by atomic mass is 16.5. The second-order valence-electron chi connectivity index (χ2n) is 7.94. The van der Waals surface area contributed by atoms with Crippen LogP contribution in [0, 0.1) is 0 Å². The Morgan fingerprint density at radius 2 is 1.77 bits per heavy atom. The van der Waals surface area contributed by atoms with E-state index in [1.54, 1.807) is 7.11 Å². The summed E-state index contributed by atoms with van der Waals surface area (Å²) in [5.41, 5.74) is 2.08. The molecule has 2 atom stereocenters. The van der Waals surface area contributed by atoms with Crippen LogP contribution in [0.2, 0.25) is 0 Å². The molecule has 1 fully saturated rings. The fourth-order valence-electron chi connectivity index (χ4n) is 4.61. The second kappa shape index (κ2) is 9.40. The lowest BCUT2D eigenvalue weighted by atomic mass is 9.90. The first kappa shape index (κ1) is 21.2. The quantitative estimate of drug-likeness (QED) is 0.565. The monoisotopic (exact) mass is 419 g/mol. The van der Waals surface area contributed by atoms with E-state index in [-0.39, 0.29) is 6.04 Å². The summed E-state index contributed by atoms with van der Waals surface area (Å²) in [6.45, 7) is 3.23. The minimum atomic E-state index is -0.761. The van der Waals surface area contributed by atoms with Crippen molar-refractivity contribution in [2.45, 2.75) is 38.3 Å². The zero-order valence-corrected chi connectivity index (χ0v) is 18.1. The normalized spacial score (nSPS) is 17.9. The van der Waals surface area contributed by atoms with Gasteiger partial charge in [-0.2, -0.15) is 0 Å². The van der Waals surface area contributed by atoms with Crippen molar-refractivity contribution in [1.29, 1.82) is 0 Å². The summed E-state index contributed by atoms with van der Waals surface area (Å²) in [5.74, 6) is 0.594. The van der Waals surface area contributed by atoms with Crippen LogP contribution in [-0.2, 0) is 4.79 Å². The van der Waals surface area contributed by atoms with Gasteiger partial charge in [0.25, 0.3) is 0 Å². The second-order valence-corrected chi connectivity index (χ2v) is 7.94. The minimum absolute atomic E-state index is 0.185. The van der Waals surface area contributed by atoms with Gasteiger partial charge in [-0.05, 0) is 66.4 Å². The summed E-state index contributed by atoms with van der Waals surface area (Å²) < 4.78 is 11.3. The molecule has 3 aromatic rings. The first-order valence-corrected chi connectivity index (χ1v) is 10.9. The van der Waals surface area contributed by atoms with Crippen molar-refractivity contribution < 1.29 is 19.4 Å². The lowest BCUT2D eigenvalue weighted by molar-refractivity contribution is -0.145. The predicted octanol–water partition coefficient (Wildman–Crippen LogP) is 5.28. The molecule has 1 heterocycles. The van der Waals surface area contributed by atoms with Crippen molar-refractivity contribution in [1.82, 2.24) is 4.90 Å². The number of carboxylic acids is 1. The molecule has 1 saturated heterocycles. The number of fused-ring (bicyclic) bond motifs is 1. The maximum Gasteiger partial charge on any atom is 0.320 e. The van der Waals surface area contributed by atoms with Gasteiger partial charge < -0.3 is 14.6 Å². The molecule has 0 spiro atoms. The highest BCUT2D eigenvalue weighted by Crippen LogP contribution is 2.39. The van der Waals surface area contributed by atoms with Crippen LogP contribution in [0.25, 0.3) is 10.8 Å². The maximum atomic E-state index is 12.1. The third-order valence-electron chi connectivity index (χ3n) is 6.05. The lowest BCUT2D eigenvalue weighted by Gasteiger charge is -2.40. The summed E-state index contributed by atoms with van der Waals surface area (Å²) in [4.78, 5) is 14.3. The number of aliphatic carboxylic acids is 1. The molecule has 0 aliphatic carbocycles. The summed E-state index contributed by atoms with van der Waals surface area (Å²) in [6, 6.07) is 19.9. The van der Waals surface area contributed by atoms with E-state index >= 15 is 0 Å². The Labute approximate surface area is 183 Å². The van der Waals surface area contributed by atoms with Gasteiger partial charge in [0.15, 0.2) is 11.5 Å². The van der Waals surface area contributed by atoms with Gasteiger partial charge in [-0.15, -0.1) is 0 Å². The van der Waals surface area contributed by atoms with Crippen molar-refractivity contribution in [2.75, 3.05) is 20.3 Å². The Bertz CT molecular complexity index is 1060. The molecule has 2 unspecified atom stereocenters. The number of piperidine rings is 1. The first-order valence-electron chi connectivity index (χ1n) is 10.9. The summed E-state index contributed by atoms with van der Waals surface area (Å²) in [7, 11) is 1.63. The minimum Gasteiger partial charge on any atom is -0.493 e. The molecule has 4 rings (SSSR count). The zero-order valence-electron chi connectivity index (χ0n) is 18.1. The van der Waals surface area contributed by atoms with Gasteiger partial charge in [0.2, 0.25) is 0 Å². The van der Waals surface area contributed by atoms with Crippen molar-refractivity contribution in [2.24, 2.45) is 0 Å².